The first-order chi connectivity index (χ1) is 19.4. The van der Waals surface area contributed by atoms with E-state index in [2.05, 4.69) is 72.2 Å². The first-order valence-corrected chi connectivity index (χ1v) is 14.7. The largest absolute Gasteiger partial charge is 0.476 e. The second-order valence-electron chi connectivity index (χ2n) is 10.8. The average molecular weight is 545 g/mol. The van der Waals surface area contributed by atoms with E-state index in [1.54, 1.807) is 0 Å². The molecule has 40 heavy (non-hydrogen) atoms. The third kappa shape index (κ3) is 10.1. The molecular formula is C34H48N4O2. The first kappa shape index (κ1) is 31.3. The Morgan fingerprint density at radius 3 is 1.38 bits per heavy atom. The lowest BCUT2D eigenvalue weighted by Crippen LogP contribution is -2.19. The van der Waals surface area contributed by atoms with E-state index >= 15 is 0 Å². The van der Waals surface area contributed by atoms with Crippen molar-refractivity contribution >= 4 is 21.5 Å². The summed E-state index contributed by atoms with van der Waals surface area (Å²) in [6.45, 7) is 7.54. The van der Waals surface area contributed by atoms with Gasteiger partial charge in [-0.05, 0) is 88.9 Å². The van der Waals surface area contributed by atoms with Crippen molar-refractivity contribution in [1.29, 1.82) is 0 Å². The topological polar surface area (TPSA) is 50.7 Å². The third-order valence-electron chi connectivity index (χ3n) is 6.64. The molecule has 0 N–H and O–H groups in total. The maximum absolute atomic E-state index is 5.90. The number of ether oxygens (including phenoxy) is 2. The molecule has 2 aromatic heterocycles. The molecule has 0 saturated carbocycles. The molecule has 0 fully saturated rings. The third-order valence-corrected chi connectivity index (χ3v) is 6.64. The van der Waals surface area contributed by atoms with Crippen LogP contribution >= 0.6 is 0 Å². The molecule has 0 amide bonds. The zero-order valence-electron chi connectivity index (χ0n) is 25.4. The number of pyridine rings is 2. The summed E-state index contributed by atoms with van der Waals surface area (Å²) in [6, 6.07) is 21.0. The Hall–Kier alpha value is -3.22. The number of rotatable bonds is 14. The number of fused-ring (bicyclic) bond motifs is 2. The molecule has 0 unspecified atom stereocenters. The molecular weight excluding hydrogens is 496 g/mol. The highest BCUT2D eigenvalue weighted by Gasteiger charge is 2.08. The fourth-order valence-electron chi connectivity index (χ4n) is 4.28. The van der Waals surface area contributed by atoms with Crippen LogP contribution in [0.5, 0.6) is 11.8 Å². The van der Waals surface area contributed by atoms with Gasteiger partial charge in [0.1, 0.15) is 13.2 Å². The van der Waals surface area contributed by atoms with Crippen molar-refractivity contribution in [2.45, 2.75) is 52.4 Å². The SMILES string of the molecule is CCCCc1cc2ccccc2c(OCCN(C)C)n1.CCCCc1cc2ccccc2c(OCCN(C)C)n1. The van der Waals surface area contributed by atoms with Gasteiger partial charge in [-0.15, -0.1) is 0 Å². The highest BCUT2D eigenvalue weighted by Crippen LogP contribution is 2.26. The Morgan fingerprint density at radius 1 is 0.600 bits per heavy atom. The molecule has 216 valence electrons. The van der Waals surface area contributed by atoms with E-state index in [0.717, 1.165) is 59.9 Å². The summed E-state index contributed by atoms with van der Waals surface area (Å²) in [7, 11) is 8.19. The lowest BCUT2D eigenvalue weighted by Gasteiger charge is -2.13. The van der Waals surface area contributed by atoms with Gasteiger partial charge in [0, 0.05) is 35.2 Å². The van der Waals surface area contributed by atoms with Gasteiger partial charge < -0.3 is 19.3 Å². The molecule has 0 atom stereocenters. The van der Waals surface area contributed by atoms with Crippen LogP contribution in [-0.2, 0) is 12.8 Å². The van der Waals surface area contributed by atoms with E-state index in [4.69, 9.17) is 19.4 Å². The molecule has 2 aromatic carbocycles. The lowest BCUT2D eigenvalue weighted by atomic mass is 10.1. The van der Waals surface area contributed by atoms with Crippen LogP contribution < -0.4 is 9.47 Å². The Labute approximate surface area is 241 Å². The molecule has 4 aromatic rings. The van der Waals surface area contributed by atoms with E-state index in [0.29, 0.717) is 13.2 Å². The van der Waals surface area contributed by atoms with Crippen LogP contribution in [-0.4, -0.2) is 74.3 Å². The predicted octanol–water partition coefficient (Wildman–Crippen LogP) is 7.04. The Kier molecular flexibility index (Phi) is 13.1. The lowest BCUT2D eigenvalue weighted by molar-refractivity contribution is 0.256. The summed E-state index contributed by atoms with van der Waals surface area (Å²) in [4.78, 5) is 13.6. The highest BCUT2D eigenvalue weighted by atomic mass is 16.5. The smallest absolute Gasteiger partial charge is 0.221 e. The molecule has 2 heterocycles. The normalized spacial score (nSPS) is 11.2. The number of hydrogen-bond donors (Lipinski definition) is 0. The number of aromatic nitrogens is 2. The van der Waals surface area contributed by atoms with Crippen molar-refractivity contribution in [2.75, 3.05) is 54.5 Å². The summed E-state index contributed by atoms with van der Waals surface area (Å²) >= 11 is 0. The van der Waals surface area contributed by atoms with Gasteiger partial charge in [-0.25, -0.2) is 9.97 Å². The molecule has 0 saturated heterocycles. The molecule has 6 heteroatoms. The minimum atomic E-state index is 0.668. The summed E-state index contributed by atoms with van der Waals surface area (Å²) in [5.41, 5.74) is 2.26. The minimum absolute atomic E-state index is 0.668. The molecule has 0 aliphatic rings. The van der Waals surface area contributed by atoms with E-state index in [1.807, 2.05) is 40.3 Å². The first-order valence-electron chi connectivity index (χ1n) is 14.7. The zero-order chi connectivity index (χ0) is 28.7. The van der Waals surface area contributed by atoms with Gasteiger partial charge in [0.15, 0.2) is 0 Å². The number of benzene rings is 2. The van der Waals surface area contributed by atoms with Crippen molar-refractivity contribution in [3.05, 3.63) is 72.1 Å². The zero-order valence-corrected chi connectivity index (χ0v) is 25.4. The Balaban J connectivity index is 0.000000220. The monoisotopic (exact) mass is 544 g/mol. The van der Waals surface area contributed by atoms with Gasteiger partial charge in [0.05, 0.1) is 0 Å². The van der Waals surface area contributed by atoms with Crippen molar-refractivity contribution in [1.82, 2.24) is 19.8 Å². The number of nitrogens with zero attached hydrogens (tertiary/aromatic N) is 4. The number of aryl methyl sites for hydroxylation is 2. The van der Waals surface area contributed by atoms with Crippen molar-refractivity contribution in [2.24, 2.45) is 0 Å². The summed E-state index contributed by atoms with van der Waals surface area (Å²) in [5.74, 6) is 1.55. The minimum Gasteiger partial charge on any atom is -0.476 e. The molecule has 0 spiro atoms. The maximum atomic E-state index is 5.90. The highest BCUT2D eigenvalue weighted by molar-refractivity contribution is 5.87. The van der Waals surface area contributed by atoms with E-state index in [-0.39, 0.29) is 0 Å². The van der Waals surface area contributed by atoms with Crippen LogP contribution in [0.15, 0.2) is 60.7 Å². The molecule has 0 bridgehead atoms. The maximum Gasteiger partial charge on any atom is 0.221 e. The van der Waals surface area contributed by atoms with Crippen LogP contribution in [0.25, 0.3) is 21.5 Å². The standard InChI is InChI=1S/2C17H24N2O/c2*1-4-5-9-15-13-14-8-6-7-10-16(14)17(18-15)20-12-11-19(2)3/h2*6-8,10,13H,4-5,9,11-12H2,1-3H3. The second kappa shape index (κ2) is 16.8. The van der Waals surface area contributed by atoms with Gasteiger partial charge in [-0.2, -0.15) is 0 Å². The average Bonchev–Trinajstić information content (AvgIpc) is 2.95. The van der Waals surface area contributed by atoms with Crippen molar-refractivity contribution in [3.8, 4) is 11.8 Å². The Bertz CT molecular complexity index is 1200. The number of unbranched alkanes of at least 4 members (excludes halogenated alkanes) is 2. The summed E-state index contributed by atoms with van der Waals surface area (Å²) < 4.78 is 11.8. The number of hydrogen-bond acceptors (Lipinski definition) is 6. The van der Waals surface area contributed by atoms with Gasteiger partial charge in [-0.1, -0.05) is 63.1 Å². The van der Waals surface area contributed by atoms with Crippen molar-refractivity contribution < 1.29 is 9.47 Å². The van der Waals surface area contributed by atoms with Crippen LogP contribution in [0.1, 0.15) is 50.9 Å². The second-order valence-corrected chi connectivity index (χ2v) is 10.8. The molecule has 0 aliphatic heterocycles. The van der Waals surface area contributed by atoms with E-state index in [1.165, 1.54) is 36.5 Å². The van der Waals surface area contributed by atoms with E-state index < -0.39 is 0 Å². The van der Waals surface area contributed by atoms with Gasteiger partial charge in [-0.3, -0.25) is 0 Å². The predicted molar refractivity (Wildman–Crippen MR) is 169 cm³/mol. The van der Waals surface area contributed by atoms with Gasteiger partial charge in [0.25, 0.3) is 0 Å². The van der Waals surface area contributed by atoms with Crippen LogP contribution in [0.2, 0.25) is 0 Å². The van der Waals surface area contributed by atoms with Crippen LogP contribution in [0.3, 0.4) is 0 Å². The fourth-order valence-corrected chi connectivity index (χ4v) is 4.28. The summed E-state index contributed by atoms with van der Waals surface area (Å²) in [5, 5.41) is 4.64. The summed E-state index contributed by atoms with van der Waals surface area (Å²) in [6.07, 6.45) is 6.75. The fraction of sp³-hybridized carbons (Fsp3) is 0.471. The molecule has 4 rings (SSSR count). The van der Waals surface area contributed by atoms with Gasteiger partial charge in [0.2, 0.25) is 11.8 Å². The quantitative estimate of drug-likeness (QED) is 0.170. The Morgan fingerprint density at radius 2 is 1.00 bits per heavy atom. The molecule has 6 nitrogen and oxygen atoms in total. The molecule has 0 radical (unpaired) electrons. The molecule has 0 aliphatic carbocycles. The van der Waals surface area contributed by atoms with Crippen molar-refractivity contribution in [3.63, 3.8) is 0 Å². The van der Waals surface area contributed by atoms with E-state index in [9.17, 15) is 0 Å². The van der Waals surface area contributed by atoms with Crippen LogP contribution in [0, 0.1) is 0 Å². The van der Waals surface area contributed by atoms with Crippen LogP contribution in [0.4, 0.5) is 0 Å². The van der Waals surface area contributed by atoms with Gasteiger partial charge >= 0.3 is 0 Å². The number of likely N-dealkylation sites (N-methyl/N-ethyl adjacent to an activating group) is 2.